The van der Waals surface area contributed by atoms with Crippen LogP contribution in [0.25, 0.3) is 0 Å². The molecule has 196 valence electrons. The molecule has 0 radical (unpaired) electrons. The number of pyridine rings is 1. The number of amides is 3. The van der Waals surface area contributed by atoms with E-state index in [1.807, 2.05) is 0 Å². The van der Waals surface area contributed by atoms with Crippen LogP contribution in [0.4, 0.5) is 29.5 Å². The van der Waals surface area contributed by atoms with Crippen LogP contribution in [0.5, 0.6) is 23.0 Å². The Morgan fingerprint density at radius 1 is 1.13 bits per heavy atom. The molecule has 1 aliphatic heterocycles. The first kappa shape index (κ1) is 23.9. The Kier molecular flexibility index (Phi) is 5.37. The number of nitrogens with zero attached hydrogens (tertiary/aromatic N) is 1. The predicted octanol–water partition coefficient (Wildman–Crippen LogP) is 5.04. The van der Waals surface area contributed by atoms with E-state index in [0.29, 0.717) is 42.1 Å². The summed E-state index contributed by atoms with van der Waals surface area (Å²) in [5.74, 6) is 1.00. The maximum atomic E-state index is 12.6. The number of phenols is 1. The molecule has 3 aliphatic rings. The fraction of sp³-hybridized carbons (Fsp3) is 0.269. The topological polar surface area (TPSA) is 122 Å². The number of aromatic hydroxyl groups is 1. The van der Waals surface area contributed by atoms with Gasteiger partial charge in [0, 0.05) is 41.4 Å². The third-order valence-corrected chi connectivity index (χ3v) is 7.01. The van der Waals surface area contributed by atoms with Gasteiger partial charge < -0.3 is 30.5 Å². The van der Waals surface area contributed by atoms with Crippen LogP contribution in [0.2, 0.25) is 0 Å². The summed E-state index contributed by atoms with van der Waals surface area (Å²) in [6.07, 6.45) is -1.76. The average molecular weight is 526 g/mol. The Hall–Kier alpha value is -4.48. The van der Waals surface area contributed by atoms with E-state index in [1.165, 1.54) is 18.2 Å². The smallest absolute Gasteiger partial charge is 0.508 e. The van der Waals surface area contributed by atoms with Gasteiger partial charge in [0.15, 0.2) is 0 Å². The van der Waals surface area contributed by atoms with Crippen LogP contribution in [-0.2, 0) is 11.2 Å². The van der Waals surface area contributed by atoms with E-state index in [1.54, 1.807) is 24.4 Å². The minimum Gasteiger partial charge on any atom is -0.508 e. The summed E-state index contributed by atoms with van der Waals surface area (Å²) < 4.78 is 47.4. The van der Waals surface area contributed by atoms with Crippen molar-refractivity contribution in [1.82, 2.24) is 10.3 Å². The van der Waals surface area contributed by atoms with Gasteiger partial charge >= 0.3 is 12.4 Å². The molecule has 6 rings (SSSR count). The van der Waals surface area contributed by atoms with E-state index in [2.05, 4.69) is 25.7 Å². The van der Waals surface area contributed by atoms with Crippen LogP contribution in [0.3, 0.4) is 0 Å². The quantitative estimate of drug-likeness (QED) is 0.357. The number of carbonyl (C=O) groups is 2. The van der Waals surface area contributed by atoms with E-state index in [9.17, 15) is 27.9 Å². The van der Waals surface area contributed by atoms with Crippen molar-refractivity contribution in [3.63, 3.8) is 0 Å². The Labute approximate surface area is 214 Å². The van der Waals surface area contributed by atoms with Gasteiger partial charge in [-0.25, -0.2) is 9.78 Å². The number of benzene rings is 2. The molecule has 0 bridgehead atoms. The second-order valence-corrected chi connectivity index (χ2v) is 9.49. The molecular formula is C26H21F3N4O5. The van der Waals surface area contributed by atoms with Gasteiger partial charge in [0.2, 0.25) is 5.91 Å². The number of rotatable bonds is 6. The number of phenolic OH excluding ortho intramolecular Hbond substituents is 1. The lowest BCUT2D eigenvalue weighted by Gasteiger charge is -2.20. The molecule has 4 N–H and O–H groups in total. The van der Waals surface area contributed by atoms with Crippen molar-refractivity contribution in [1.29, 1.82) is 0 Å². The standard InChI is InChI=1S/C26H21F3N4O5/c27-26(28,29)38-15-3-1-2-13(10-15)31-24(36)33-25-12-18(25)22(25)17-11-14(4-6-19(17)34)37-20-8-9-30-23-16(20)5-7-21(35)32-23/h1-4,6,8-11,18,22,34H,5,7,12H2,(H,30,32,35)(H2,31,33,36). The fourth-order valence-corrected chi connectivity index (χ4v) is 5.09. The van der Waals surface area contributed by atoms with Gasteiger partial charge in [0.05, 0.1) is 5.54 Å². The molecule has 2 saturated carbocycles. The molecule has 1 aromatic heterocycles. The number of urea groups is 1. The minimum absolute atomic E-state index is 0.0668. The number of ether oxygens (including phenoxy) is 2. The van der Waals surface area contributed by atoms with E-state index in [0.717, 1.165) is 17.7 Å². The van der Waals surface area contributed by atoms with Crippen LogP contribution in [-0.4, -0.2) is 33.9 Å². The third kappa shape index (κ3) is 4.53. The summed E-state index contributed by atoms with van der Waals surface area (Å²) >= 11 is 0. The highest BCUT2D eigenvalue weighted by atomic mass is 19.4. The zero-order valence-electron chi connectivity index (χ0n) is 19.6. The number of hydrogen-bond acceptors (Lipinski definition) is 6. The highest BCUT2D eigenvalue weighted by Crippen LogP contribution is 2.77. The van der Waals surface area contributed by atoms with Gasteiger partial charge in [-0.2, -0.15) is 0 Å². The Bertz CT molecular complexity index is 1460. The highest BCUT2D eigenvalue weighted by Gasteiger charge is 2.80. The predicted molar refractivity (Wildman–Crippen MR) is 128 cm³/mol. The summed E-state index contributed by atoms with van der Waals surface area (Å²) in [5.41, 5.74) is 1.01. The van der Waals surface area contributed by atoms with Crippen LogP contribution in [0.1, 0.15) is 29.9 Å². The first-order chi connectivity index (χ1) is 18.1. The summed E-state index contributed by atoms with van der Waals surface area (Å²) in [6, 6.07) is 11.0. The SMILES string of the molecule is O=C1CCc2c(Oc3ccc(O)c(C4C5CC54NC(=O)Nc4cccc(OC(F)(F)F)c4)c3)ccnc2N1. The van der Waals surface area contributed by atoms with Crippen molar-refractivity contribution in [2.75, 3.05) is 10.6 Å². The molecule has 9 nitrogen and oxygen atoms in total. The second-order valence-electron chi connectivity index (χ2n) is 9.49. The maximum Gasteiger partial charge on any atom is 0.573 e. The van der Waals surface area contributed by atoms with Crippen LogP contribution in [0.15, 0.2) is 54.7 Å². The molecule has 2 aliphatic carbocycles. The Morgan fingerprint density at radius 3 is 2.76 bits per heavy atom. The van der Waals surface area contributed by atoms with Gasteiger partial charge in [-0.15, -0.1) is 13.2 Å². The number of hydrogen-bond donors (Lipinski definition) is 4. The lowest BCUT2D eigenvalue weighted by atomic mass is 9.99. The first-order valence-electron chi connectivity index (χ1n) is 11.8. The van der Waals surface area contributed by atoms with Crippen molar-refractivity contribution in [2.24, 2.45) is 5.92 Å². The zero-order chi connectivity index (χ0) is 26.7. The zero-order valence-corrected chi connectivity index (χ0v) is 19.6. The molecule has 38 heavy (non-hydrogen) atoms. The van der Waals surface area contributed by atoms with Crippen LogP contribution in [0, 0.1) is 5.92 Å². The summed E-state index contributed by atoms with van der Waals surface area (Å²) in [7, 11) is 0. The van der Waals surface area contributed by atoms with E-state index >= 15 is 0 Å². The van der Waals surface area contributed by atoms with Gasteiger partial charge in [-0.05, 0) is 55.2 Å². The molecule has 2 fully saturated rings. The van der Waals surface area contributed by atoms with Crippen molar-refractivity contribution >= 4 is 23.4 Å². The van der Waals surface area contributed by atoms with Crippen LogP contribution < -0.4 is 25.4 Å². The van der Waals surface area contributed by atoms with Crippen molar-refractivity contribution in [3.05, 3.63) is 65.9 Å². The molecule has 3 atom stereocenters. The number of carbonyl (C=O) groups excluding carboxylic acids is 2. The lowest BCUT2D eigenvalue weighted by Crippen LogP contribution is -2.36. The van der Waals surface area contributed by atoms with E-state index in [-0.39, 0.29) is 29.2 Å². The largest absolute Gasteiger partial charge is 0.573 e. The van der Waals surface area contributed by atoms with Gasteiger partial charge in [-0.3, -0.25) is 4.79 Å². The molecule has 0 spiro atoms. The number of anilines is 2. The molecule has 2 aromatic carbocycles. The molecule has 12 heteroatoms. The highest BCUT2D eigenvalue weighted by molar-refractivity contribution is 5.93. The molecule has 2 heterocycles. The minimum atomic E-state index is -4.84. The second kappa shape index (κ2) is 8.54. The number of alkyl halides is 3. The monoisotopic (exact) mass is 526 g/mol. The number of halogens is 3. The van der Waals surface area contributed by atoms with Gasteiger partial charge in [0.25, 0.3) is 0 Å². The Morgan fingerprint density at radius 2 is 1.97 bits per heavy atom. The van der Waals surface area contributed by atoms with E-state index < -0.39 is 23.7 Å². The molecule has 3 unspecified atom stereocenters. The fourth-order valence-electron chi connectivity index (χ4n) is 5.09. The first-order valence-corrected chi connectivity index (χ1v) is 11.8. The van der Waals surface area contributed by atoms with Gasteiger partial charge in [0.1, 0.15) is 28.8 Å². The maximum absolute atomic E-state index is 12.6. The lowest BCUT2D eigenvalue weighted by molar-refractivity contribution is -0.274. The Balaban J connectivity index is 1.13. The average Bonchev–Trinajstić information content (AvgIpc) is 3.70. The normalized spacial score (nSPS) is 22.9. The third-order valence-electron chi connectivity index (χ3n) is 7.01. The van der Waals surface area contributed by atoms with Crippen LogP contribution >= 0.6 is 0 Å². The summed E-state index contributed by atoms with van der Waals surface area (Å²) in [4.78, 5) is 28.5. The van der Waals surface area contributed by atoms with Crippen molar-refractivity contribution in [3.8, 4) is 23.0 Å². The van der Waals surface area contributed by atoms with Crippen molar-refractivity contribution < 1.29 is 37.3 Å². The summed E-state index contributed by atoms with van der Waals surface area (Å²) in [5, 5.41) is 18.7. The number of fused-ring (bicyclic) bond motifs is 2. The molecule has 0 saturated heterocycles. The van der Waals surface area contributed by atoms with Crippen molar-refractivity contribution in [2.45, 2.75) is 37.1 Å². The molecule has 3 aromatic rings. The number of aromatic nitrogens is 1. The number of nitrogens with one attached hydrogen (secondary N) is 3. The molecular weight excluding hydrogens is 505 g/mol. The van der Waals surface area contributed by atoms with E-state index in [4.69, 9.17) is 4.74 Å². The summed E-state index contributed by atoms with van der Waals surface area (Å²) in [6.45, 7) is 0. The molecule has 3 amide bonds. The van der Waals surface area contributed by atoms with Gasteiger partial charge in [-0.1, -0.05) is 6.07 Å².